The lowest BCUT2D eigenvalue weighted by molar-refractivity contribution is -0.139. The maximum absolute atomic E-state index is 13.0. The Morgan fingerprint density at radius 3 is 2.07 bits per heavy atom. The first kappa shape index (κ1) is 22.4. The highest BCUT2D eigenvalue weighted by atomic mass is 16.6. The average molecular weight is 418 g/mol. The Kier molecular flexibility index (Phi) is 7.23. The van der Waals surface area contributed by atoms with Gasteiger partial charge in [-0.3, -0.25) is 9.69 Å². The number of methoxy groups -OCH3 is 1. The highest BCUT2D eigenvalue weighted by Gasteiger charge is 2.33. The van der Waals surface area contributed by atoms with Crippen molar-refractivity contribution in [3.63, 3.8) is 0 Å². The third-order valence-electron chi connectivity index (χ3n) is 5.75. The normalized spacial score (nSPS) is 18.9. The lowest BCUT2D eigenvalue weighted by Gasteiger charge is -2.38. The number of nitrogens with zero attached hydrogens (tertiary/aromatic N) is 3. The van der Waals surface area contributed by atoms with Crippen LogP contribution in [-0.2, 0) is 16.1 Å². The Morgan fingerprint density at radius 1 is 0.933 bits per heavy atom. The van der Waals surface area contributed by atoms with Crippen LogP contribution in [0, 0.1) is 5.92 Å². The van der Waals surface area contributed by atoms with Crippen LogP contribution < -0.4 is 4.74 Å². The minimum Gasteiger partial charge on any atom is -0.497 e. The van der Waals surface area contributed by atoms with Crippen LogP contribution >= 0.6 is 0 Å². The number of piperidine rings is 1. The van der Waals surface area contributed by atoms with Gasteiger partial charge in [-0.15, -0.1) is 0 Å². The molecule has 0 N–H and O–H groups in total. The number of carbonyl (C=O) groups is 2. The van der Waals surface area contributed by atoms with Gasteiger partial charge in [0.1, 0.15) is 11.4 Å². The summed E-state index contributed by atoms with van der Waals surface area (Å²) in [4.78, 5) is 31.3. The molecule has 30 heavy (non-hydrogen) atoms. The first-order chi connectivity index (χ1) is 14.2. The molecule has 0 spiro atoms. The standard InChI is InChI=1S/C23H35N3O4/c1-23(2,3)30-22(28)26-11-9-19(10-12-26)21(27)25-15-13-24(14-16-25)17-18-5-7-20(29-4)8-6-18/h5-8,19H,9-17H2,1-4H3. The second-order valence-electron chi connectivity index (χ2n) is 9.19. The van der Waals surface area contributed by atoms with Gasteiger partial charge in [0.15, 0.2) is 0 Å². The Morgan fingerprint density at radius 2 is 1.53 bits per heavy atom. The summed E-state index contributed by atoms with van der Waals surface area (Å²) in [5.74, 6) is 1.12. The fourth-order valence-corrected chi connectivity index (χ4v) is 4.01. The van der Waals surface area contributed by atoms with Crippen LogP contribution in [0.1, 0.15) is 39.2 Å². The summed E-state index contributed by atoms with van der Waals surface area (Å²) < 4.78 is 10.7. The van der Waals surface area contributed by atoms with Crippen LogP contribution in [0.2, 0.25) is 0 Å². The van der Waals surface area contributed by atoms with E-state index >= 15 is 0 Å². The van der Waals surface area contributed by atoms with Crippen molar-refractivity contribution in [3.8, 4) is 5.75 Å². The zero-order chi connectivity index (χ0) is 21.7. The summed E-state index contributed by atoms with van der Waals surface area (Å²) in [7, 11) is 1.67. The molecular formula is C23H35N3O4. The number of likely N-dealkylation sites (tertiary alicyclic amines) is 1. The second-order valence-corrected chi connectivity index (χ2v) is 9.19. The number of ether oxygens (including phenoxy) is 2. The highest BCUT2D eigenvalue weighted by Crippen LogP contribution is 2.23. The molecule has 0 radical (unpaired) electrons. The van der Waals surface area contributed by atoms with E-state index in [1.54, 1.807) is 12.0 Å². The molecule has 0 atom stereocenters. The Balaban J connectivity index is 1.41. The minimum atomic E-state index is -0.491. The molecule has 7 nitrogen and oxygen atoms in total. The largest absolute Gasteiger partial charge is 0.497 e. The van der Waals surface area contributed by atoms with E-state index in [1.165, 1.54) is 5.56 Å². The summed E-state index contributed by atoms with van der Waals surface area (Å²) in [6, 6.07) is 8.15. The third-order valence-corrected chi connectivity index (χ3v) is 5.75. The van der Waals surface area contributed by atoms with E-state index in [9.17, 15) is 9.59 Å². The summed E-state index contributed by atoms with van der Waals surface area (Å²) in [6.07, 6.45) is 1.15. The van der Waals surface area contributed by atoms with Crippen molar-refractivity contribution < 1.29 is 19.1 Å². The maximum Gasteiger partial charge on any atom is 0.410 e. The Hall–Kier alpha value is -2.28. The molecule has 2 amide bonds. The summed E-state index contributed by atoms with van der Waals surface area (Å²) in [5.41, 5.74) is 0.764. The van der Waals surface area contributed by atoms with Crippen LogP contribution in [0.15, 0.2) is 24.3 Å². The van der Waals surface area contributed by atoms with Gasteiger partial charge in [-0.25, -0.2) is 4.79 Å². The van der Waals surface area contributed by atoms with Gasteiger partial charge in [0.25, 0.3) is 0 Å². The topological polar surface area (TPSA) is 62.3 Å². The van der Waals surface area contributed by atoms with Crippen molar-refractivity contribution in [2.24, 2.45) is 5.92 Å². The summed E-state index contributed by atoms with van der Waals surface area (Å²) >= 11 is 0. The maximum atomic E-state index is 13.0. The quantitative estimate of drug-likeness (QED) is 0.754. The van der Waals surface area contributed by atoms with Crippen molar-refractivity contribution in [2.75, 3.05) is 46.4 Å². The number of amides is 2. The number of hydrogen-bond acceptors (Lipinski definition) is 5. The fraction of sp³-hybridized carbons (Fsp3) is 0.652. The van der Waals surface area contributed by atoms with Gasteiger partial charge in [-0.2, -0.15) is 0 Å². The lowest BCUT2D eigenvalue weighted by Crippen LogP contribution is -2.51. The van der Waals surface area contributed by atoms with Gasteiger partial charge in [0.2, 0.25) is 5.91 Å². The summed E-state index contributed by atoms with van der Waals surface area (Å²) in [5, 5.41) is 0. The van der Waals surface area contributed by atoms with Crippen molar-refractivity contribution in [2.45, 2.75) is 45.8 Å². The molecule has 1 aromatic carbocycles. The van der Waals surface area contributed by atoms with Crippen molar-refractivity contribution in [3.05, 3.63) is 29.8 Å². The van der Waals surface area contributed by atoms with E-state index in [1.807, 2.05) is 37.8 Å². The molecule has 166 valence electrons. The van der Waals surface area contributed by atoms with E-state index in [4.69, 9.17) is 9.47 Å². The second kappa shape index (κ2) is 9.69. The van der Waals surface area contributed by atoms with Crippen LogP contribution in [0.5, 0.6) is 5.75 Å². The number of carbonyl (C=O) groups excluding carboxylic acids is 2. The molecule has 0 aliphatic carbocycles. The van der Waals surface area contributed by atoms with E-state index < -0.39 is 5.60 Å². The molecule has 2 aliphatic heterocycles. The van der Waals surface area contributed by atoms with Gasteiger partial charge < -0.3 is 19.3 Å². The van der Waals surface area contributed by atoms with Gasteiger partial charge in [0, 0.05) is 51.7 Å². The van der Waals surface area contributed by atoms with E-state index in [-0.39, 0.29) is 17.9 Å². The van der Waals surface area contributed by atoms with Gasteiger partial charge in [-0.05, 0) is 51.3 Å². The van der Waals surface area contributed by atoms with Gasteiger partial charge >= 0.3 is 6.09 Å². The van der Waals surface area contributed by atoms with Crippen molar-refractivity contribution >= 4 is 12.0 Å². The molecule has 0 bridgehead atoms. The van der Waals surface area contributed by atoms with E-state index in [2.05, 4.69) is 17.0 Å². The molecule has 2 heterocycles. The molecule has 2 aliphatic rings. The zero-order valence-electron chi connectivity index (χ0n) is 18.7. The van der Waals surface area contributed by atoms with Gasteiger partial charge in [0.05, 0.1) is 7.11 Å². The lowest BCUT2D eigenvalue weighted by atomic mass is 9.95. The number of hydrogen-bond donors (Lipinski definition) is 0. The molecular weight excluding hydrogens is 382 g/mol. The minimum absolute atomic E-state index is 0.0109. The van der Waals surface area contributed by atoms with Crippen molar-refractivity contribution in [1.29, 1.82) is 0 Å². The van der Waals surface area contributed by atoms with Crippen LogP contribution in [0.25, 0.3) is 0 Å². The molecule has 2 saturated heterocycles. The fourth-order valence-electron chi connectivity index (χ4n) is 4.01. The molecule has 0 unspecified atom stereocenters. The van der Waals surface area contributed by atoms with E-state index in [0.717, 1.165) is 38.5 Å². The molecule has 1 aromatic rings. The first-order valence-corrected chi connectivity index (χ1v) is 10.9. The Labute approximate surface area is 179 Å². The zero-order valence-corrected chi connectivity index (χ0v) is 18.7. The molecule has 7 heteroatoms. The number of benzene rings is 1. The Bertz CT molecular complexity index is 713. The number of rotatable bonds is 4. The van der Waals surface area contributed by atoms with E-state index in [0.29, 0.717) is 25.9 Å². The first-order valence-electron chi connectivity index (χ1n) is 10.9. The predicted octanol–water partition coefficient (Wildman–Crippen LogP) is 2.99. The predicted molar refractivity (Wildman–Crippen MR) is 115 cm³/mol. The monoisotopic (exact) mass is 417 g/mol. The SMILES string of the molecule is COc1ccc(CN2CCN(C(=O)C3CCN(C(=O)OC(C)(C)C)CC3)CC2)cc1. The molecule has 0 saturated carbocycles. The summed E-state index contributed by atoms with van der Waals surface area (Å²) in [6.45, 7) is 11.0. The molecule has 3 rings (SSSR count). The highest BCUT2D eigenvalue weighted by molar-refractivity contribution is 5.79. The van der Waals surface area contributed by atoms with Crippen LogP contribution in [0.3, 0.4) is 0 Å². The van der Waals surface area contributed by atoms with Crippen LogP contribution in [-0.4, -0.2) is 78.7 Å². The molecule has 0 aromatic heterocycles. The van der Waals surface area contributed by atoms with Gasteiger partial charge in [-0.1, -0.05) is 12.1 Å². The molecule has 2 fully saturated rings. The van der Waals surface area contributed by atoms with Crippen molar-refractivity contribution in [1.82, 2.24) is 14.7 Å². The average Bonchev–Trinajstić information content (AvgIpc) is 2.73. The smallest absolute Gasteiger partial charge is 0.410 e. The van der Waals surface area contributed by atoms with Crippen LogP contribution in [0.4, 0.5) is 4.79 Å². The number of piperazine rings is 1. The third kappa shape index (κ3) is 6.11.